The number of nitrogens with zero attached hydrogens (tertiary/aromatic N) is 4. The Morgan fingerprint density at radius 1 is 1.10 bits per heavy atom. The molecule has 0 amide bonds. The van der Waals surface area contributed by atoms with Crippen LogP contribution in [0.3, 0.4) is 0 Å². The van der Waals surface area contributed by atoms with Gasteiger partial charge in [-0.1, -0.05) is 29.8 Å². The highest BCUT2D eigenvalue weighted by molar-refractivity contribution is 7.97. The van der Waals surface area contributed by atoms with Gasteiger partial charge in [0.1, 0.15) is 0 Å². The van der Waals surface area contributed by atoms with Gasteiger partial charge in [0.05, 0.1) is 15.8 Å². The van der Waals surface area contributed by atoms with Gasteiger partial charge in [-0.3, -0.25) is 0 Å². The van der Waals surface area contributed by atoms with Gasteiger partial charge in [-0.25, -0.2) is 0 Å². The van der Waals surface area contributed by atoms with Crippen molar-refractivity contribution in [3.63, 3.8) is 0 Å². The minimum absolute atomic E-state index is 0.761. The summed E-state index contributed by atoms with van der Waals surface area (Å²) in [6, 6.07) is 13.9. The first-order valence-corrected chi connectivity index (χ1v) is 8.32. The summed E-state index contributed by atoms with van der Waals surface area (Å²) in [5.74, 6) is 2.53. The van der Waals surface area contributed by atoms with Crippen molar-refractivity contribution >= 4 is 34.7 Å². The molecule has 102 valence electrons. The van der Waals surface area contributed by atoms with E-state index in [9.17, 15) is 0 Å². The molecule has 0 unspecified atom stereocenters. The number of halogens is 1. The second kappa shape index (κ2) is 6.39. The number of benzene rings is 1. The van der Waals surface area contributed by atoms with Crippen molar-refractivity contribution in [2.24, 2.45) is 0 Å². The molecule has 0 spiro atoms. The van der Waals surface area contributed by atoms with E-state index >= 15 is 0 Å². The molecule has 0 radical (unpaired) electrons. The highest BCUT2D eigenvalue weighted by Crippen LogP contribution is 2.26. The molecule has 3 aromatic rings. The lowest BCUT2D eigenvalue weighted by molar-refractivity contribution is 0.777. The van der Waals surface area contributed by atoms with Gasteiger partial charge in [0.25, 0.3) is 0 Å². The molecule has 0 aliphatic rings. The van der Waals surface area contributed by atoms with E-state index in [1.165, 1.54) is 4.88 Å². The molecule has 4 nitrogen and oxygen atoms in total. The summed E-state index contributed by atoms with van der Waals surface area (Å²) in [7, 11) is 0. The first-order valence-electron chi connectivity index (χ1n) is 5.97. The zero-order chi connectivity index (χ0) is 13.8. The summed E-state index contributed by atoms with van der Waals surface area (Å²) in [6.45, 7) is 0. The van der Waals surface area contributed by atoms with Gasteiger partial charge in [-0.05, 0) is 34.7 Å². The monoisotopic (exact) mass is 322 g/mol. The Labute approximate surface area is 129 Å². The molecule has 7 heteroatoms. The summed E-state index contributed by atoms with van der Waals surface area (Å²) < 4.78 is 2.60. The Kier molecular flexibility index (Phi) is 4.34. The summed E-state index contributed by atoms with van der Waals surface area (Å²) >= 11 is 9.30. The Balaban J connectivity index is 1.65. The molecule has 0 bridgehead atoms. The summed E-state index contributed by atoms with van der Waals surface area (Å²) in [6.07, 6.45) is 0. The average molecular weight is 323 g/mol. The molecular formula is C13H11ClN4S2. The smallest absolute Gasteiger partial charge is 0.166 e. The van der Waals surface area contributed by atoms with Gasteiger partial charge in [-0.2, -0.15) is 4.68 Å². The fourth-order valence-corrected chi connectivity index (χ4v) is 3.87. The van der Waals surface area contributed by atoms with Crippen molar-refractivity contribution in [3.8, 4) is 5.69 Å². The molecule has 0 aliphatic carbocycles. The number of thioether (sulfide) groups is 1. The standard InChI is InChI=1S/C13H11ClN4S2/c14-12-7-6-11(20-12)8-19-9-13-15-16-17-18(13)10-4-2-1-3-5-10/h1-7H,8-9H2. The second-order valence-corrected chi connectivity index (χ2v) is 6.83. The fraction of sp³-hybridized carbons (Fsp3) is 0.154. The maximum Gasteiger partial charge on any atom is 0.166 e. The largest absolute Gasteiger partial charge is 0.196 e. The van der Waals surface area contributed by atoms with Crippen LogP contribution in [-0.4, -0.2) is 20.2 Å². The third-order valence-corrected chi connectivity index (χ3v) is 5.03. The highest BCUT2D eigenvalue weighted by atomic mass is 35.5. The lowest BCUT2D eigenvalue weighted by atomic mass is 10.3. The zero-order valence-electron chi connectivity index (χ0n) is 10.4. The van der Waals surface area contributed by atoms with Crippen molar-refractivity contribution in [1.29, 1.82) is 0 Å². The molecule has 0 saturated heterocycles. The summed E-state index contributed by atoms with van der Waals surface area (Å²) in [5, 5.41) is 11.9. The predicted molar refractivity (Wildman–Crippen MR) is 83.5 cm³/mol. The van der Waals surface area contributed by atoms with Crippen LogP contribution in [0.2, 0.25) is 4.34 Å². The number of aromatic nitrogens is 4. The van der Waals surface area contributed by atoms with E-state index in [1.807, 2.05) is 36.4 Å². The second-order valence-electron chi connectivity index (χ2n) is 4.04. The van der Waals surface area contributed by atoms with Crippen LogP contribution < -0.4 is 0 Å². The van der Waals surface area contributed by atoms with Crippen LogP contribution in [0.25, 0.3) is 5.69 Å². The maximum atomic E-state index is 5.92. The number of hydrogen-bond donors (Lipinski definition) is 0. The number of hydrogen-bond acceptors (Lipinski definition) is 5. The van der Waals surface area contributed by atoms with Crippen molar-refractivity contribution < 1.29 is 0 Å². The van der Waals surface area contributed by atoms with Crippen LogP contribution in [0.4, 0.5) is 0 Å². The van der Waals surface area contributed by atoms with Crippen LogP contribution in [0.15, 0.2) is 42.5 Å². The highest BCUT2D eigenvalue weighted by Gasteiger charge is 2.08. The topological polar surface area (TPSA) is 43.6 Å². The molecule has 0 saturated carbocycles. The van der Waals surface area contributed by atoms with Crippen LogP contribution >= 0.6 is 34.7 Å². The quantitative estimate of drug-likeness (QED) is 0.716. The Hall–Kier alpha value is -1.37. The van der Waals surface area contributed by atoms with Crippen molar-refractivity contribution in [2.45, 2.75) is 11.5 Å². The maximum absolute atomic E-state index is 5.92. The molecular weight excluding hydrogens is 312 g/mol. The number of para-hydroxylation sites is 1. The summed E-state index contributed by atoms with van der Waals surface area (Å²) in [4.78, 5) is 1.26. The fourth-order valence-electron chi connectivity index (χ4n) is 1.74. The first-order chi connectivity index (χ1) is 9.83. The van der Waals surface area contributed by atoms with Crippen LogP contribution in [0.5, 0.6) is 0 Å². The normalized spacial score (nSPS) is 10.8. The third-order valence-electron chi connectivity index (χ3n) is 2.64. The number of tetrazole rings is 1. The van der Waals surface area contributed by atoms with Crippen molar-refractivity contribution in [3.05, 3.63) is 57.5 Å². The van der Waals surface area contributed by atoms with Gasteiger partial charge in [-0.15, -0.1) is 28.2 Å². The summed E-state index contributed by atoms with van der Waals surface area (Å²) in [5.41, 5.74) is 0.979. The Bertz CT molecular complexity index is 681. The van der Waals surface area contributed by atoms with E-state index < -0.39 is 0 Å². The zero-order valence-corrected chi connectivity index (χ0v) is 12.8. The molecule has 3 rings (SSSR count). The van der Waals surface area contributed by atoms with Crippen LogP contribution in [-0.2, 0) is 11.5 Å². The Morgan fingerprint density at radius 2 is 1.95 bits per heavy atom. The van der Waals surface area contributed by atoms with Gasteiger partial charge in [0.15, 0.2) is 5.82 Å². The molecule has 2 heterocycles. The average Bonchev–Trinajstić information content (AvgIpc) is 3.09. The van der Waals surface area contributed by atoms with Crippen molar-refractivity contribution in [2.75, 3.05) is 0 Å². The van der Waals surface area contributed by atoms with Gasteiger partial charge in [0, 0.05) is 10.6 Å². The number of thiophene rings is 1. The molecule has 1 aromatic carbocycles. The third kappa shape index (κ3) is 3.20. The number of rotatable bonds is 5. The lowest BCUT2D eigenvalue weighted by Gasteiger charge is -2.03. The lowest BCUT2D eigenvalue weighted by Crippen LogP contribution is -2.01. The molecule has 0 atom stereocenters. The van der Waals surface area contributed by atoms with E-state index in [4.69, 9.17) is 11.6 Å². The Morgan fingerprint density at radius 3 is 2.70 bits per heavy atom. The SMILES string of the molecule is Clc1ccc(CSCc2nnnn2-c2ccccc2)s1. The molecule has 2 aromatic heterocycles. The van der Waals surface area contributed by atoms with E-state index in [0.717, 1.165) is 27.4 Å². The minimum atomic E-state index is 0.761. The van der Waals surface area contributed by atoms with Gasteiger partial charge in [0.2, 0.25) is 0 Å². The minimum Gasteiger partial charge on any atom is -0.196 e. The van der Waals surface area contributed by atoms with Gasteiger partial charge < -0.3 is 0 Å². The molecule has 0 N–H and O–H groups in total. The van der Waals surface area contributed by atoms with Crippen LogP contribution in [0, 0.1) is 0 Å². The molecule has 0 aliphatic heterocycles. The van der Waals surface area contributed by atoms with Crippen LogP contribution in [0.1, 0.15) is 10.7 Å². The van der Waals surface area contributed by atoms with Gasteiger partial charge >= 0.3 is 0 Å². The predicted octanol–water partition coefficient (Wildman–Crippen LogP) is 3.81. The van der Waals surface area contributed by atoms with E-state index in [1.54, 1.807) is 27.8 Å². The van der Waals surface area contributed by atoms with E-state index in [2.05, 4.69) is 21.6 Å². The van der Waals surface area contributed by atoms with E-state index in [0.29, 0.717) is 0 Å². The van der Waals surface area contributed by atoms with Crippen molar-refractivity contribution in [1.82, 2.24) is 20.2 Å². The molecule has 20 heavy (non-hydrogen) atoms. The molecule has 0 fully saturated rings. The first kappa shape index (κ1) is 13.6. The van der Waals surface area contributed by atoms with E-state index in [-0.39, 0.29) is 0 Å².